The van der Waals surface area contributed by atoms with Crippen molar-refractivity contribution in [3.05, 3.63) is 12.4 Å². The van der Waals surface area contributed by atoms with Gasteiger partial charge in [-0.05, 0) is 26.8 Å². The summed E-state index contributed by atoms with van der Waals surface area (Å²) in [7, 11) is 2.16. The Kier molecular flexibility index (Phi) is 7.18. The Morgan fingerprint density at radius 3 is 2.37 bits per heavy atom. The molecule has 19 heavy (non-hydrogen) atoms. The molecule has 1 rings (SSSR count). The summed E-state index contributed by atoms with van der Waals surface area (Å²) in [4.78, 5) is 10.8. The van der Waals surface area contributed by atoms with E-state index in [2.05, 4.69) is 53.3 Å². The Bertz CT molecular complexity index is 355. The van der Waals surface area contributed by atoms with Crippen LogP contribution in [0.5, 0.6) is 0 Å². The molecule has 1 aromatic heterocycles. The van der Waals surface area contributed by atoms with Gasteiger partial charge in [-0.15, -0.1) is 0 Å². The van der Waals surface area contributed by atoms with Gasteiger partial charge in [-0.1, -0.05) is 13.8 Å². The summed E-state index contributed by atoms with van der Waals surface area (Å²) in [6.07, 6.45) is 3.86. The second-order valence-corrected chi connectivity index (χ2v) is 4.88. The maximum absolute atomic E-state index is 4.23. The molecule has 0 amide bonds. The lowest BCUT2D eigenvalue weighted by atomic mass is 10.2. The van der Waals surface area contributed by atoms with Crippen molar-refractivity contribution in [2.24, 2.45) is 0 Å². The Labute approximate surface area is 116 Å². The Morgan fingerprint density at radius 1 is 1.16 bits per heavy atom. The highest BCUT2D eigenvalue weighted by atomic mass is 15.1. The van der Waals surface area contributed by atoms with Crippen molar-refractivity contribution in [2.45, 2.75) is 39.7 Å². The first-order valence-electron chi connectivity index (χ1n) is 7.17. The molecule has 2 N–H and O–H groups in total. The molecule has 0 aliphatic rings. The number of likely N-dealkylation sites (N-methyl/N-ethyl adjacent to an activating group) is 1. The minimum Gasteiger partial charge on any atom is -0.370 e. The second-order valence-electron chi connectivity index (χ2n) is 4.88. The van der Waals surface area contributed by atoms with Gasteiger partial charge in [0, 0.05) is 31.7 Å². The second kappa shape index (κ2) is 8.69. The maximum Gasteiger partial charge on any atom is 0.131 e. The molecule has 0 aliphatic carbocycles. The molecule has 5 heteroatoms. The average molecular weight is 265 g/mol. The zero-order valence-corrected chi connectivity index (χ0v) is 12.6. The van der Waals surface area contributed by atoms with Gasteiger partial charge < -0.3 is 15.5 Å². The van der Waals surface area contributed by atoms with Crippen molar-refractivity contribution in [3.63, 3.8) is 0 Å². The first-order valence-corrected chi connectivity index (χ1v) is 7.17. The van der Waals surface area contributed by atoms with Gasteiger partial charge in [0.05, 0.1) is 0 Å². The summed E-state index contributed by atoms with van der Waals surface area (Å²) in [6, 6.07) is 2.58. The monoisotopic (exact) mass is 265 g/mol. The molecule has 1 heterocycles. The van der Waals surface area contributed by atoms with E-state index in [0.717, 1.165) is 37.7 Å². The van der Waals surface area contributed by atoms with E-state index in [1.54, 1.807) is 6.33 Å². The Balaban J connectivity index is 2.36. The highest BCUT2D eigenvalue weighted by molar-refractivity contribution is 5.46. The van der Waals surface area contributed by atoms with E-state index < -0.39 is 0 Å². The van der Waals surface area contributed by atoms with Crippen LogP contribution in [0.4, 0.5) is 11.6 Å². The first-order chi connectivity index (χ1) is 9.17. The van der Waals surface area contributed by atoms with E-state index in [0.29, 0.717) is 6.04 Å². The fraction of sp³-hybridized carbons (Fsp3) is 0.714. The normalized spacial score (nSPS) is 12.5. The molecule has 1 aromatic rings. The number of aromatic nitrogens is 2. The van der Waals surface area contributed by atoms with E-state index in [4.69, 9.17) is 0 Å². The SMILES string of the molecule is CCCNc1cc(NCCN(C)C(C)CC)ncn1. The van der Waals surface area contributed by atoms with E-state index in [-0.39, 0.29) is 0 Å². The Hall–Kier alpha value is -1.36. The summed E-state index contributed by atoms with van der Waals surface area (Å²) in [5.74, 6) is 1.76. The number of rotatable bonds is 9. The van der Waals surface area contributed by atoms with Crippen molar-refractivity contribution in [2.75, 3.05) is 37.3 Å². The molecular weight excluding hydrogens is 238 g/mol. The van der Waals surface area contributed by atoms with Gasteiger partial charge >= 0.3 is 0 Å². The minimum absolute atomic E-state index is 0.619. The lowest BCUT2D eigenvalue weighted by Crippen LogP contribution is -2.32. The van der Waals surface area contributed by atoms with Gasteiger partial charge in [0.2, 0.25) is 0 Å². The standard InChI is InChI=1S/C14H27N5/c1-5-7-15-13-10-14(18-11-17-13)16-8-9-19(4)12(3)6-2/h10-12H,5-9H2,1-4H3,(H2,15,16,17,18). The van der Waals surface area contributed by atoms with Gasteiger partial charge in [0.15, 0.2) is 0 Å². The van der Waals surface area contributed by atoms with Crippen molar-refractivity contribution < 1.29 is 0 Å². The van der Waals surface area contributed by atoms with Crippen LogP contribution in [0.3, 0.4) is 0 Å². The smallest absolute Gasteiger partial charge is 0.131 e. The predicted molar refractivity (Wildman–Crippen MR) is 81.7 cm³/mol. The summed E-state index contributed by atoms with van der Waals surface area (Å²) in [5, 5.41) is 6.60. The molecule has 0 spiro atoms. The van der Waals surface area contributed by atoms with Crippen LogP contribution in [-0.4, -0.2) is 47.6 Å². The van der Waals surface area contributed by atoms with Crippen LogP contribution in [0.25, 0.3) is 0 Å². The third-order valence-electron chi connectivity index (χ3n) is 3.34. The summed E-state index contributed by atoms with van der Waals surface area (Å²) in [6.45, 7) is 9.44. The van der Waals surface area contributed by atoms with Crippen molar-refractivity contribution in [1.82, 2.24) is 14.9 Å². The van der Waals surface area contributed by atoms with Gasteiger partial charge in [0.1, 0.15) is 18.0 Å². The first kappa shape index (κ1) is 15.7. The average Bonchev–Trinajstić information content (AvgIpc) is 2.44. The van der Waals surface area contributed by atoms with Gasteiger partial charge in [-0.3, -0.25) is 0 Å². The van der Waals surface area contributed by atoms with Crippen molar-refractivity contribution >= 4 is 11.6 Å². The van der Waals surface area contributed by atoms with E-state index in [1.807, 2.05) is 6.07 Å². The molecule has 0 saturated carbocycles. The third-order valence-corrected chi connectivity index (χ3v) is 3.34. The van der Waals surface area contributed by atoms with Crippen LogP contribution in [-0.2, 0) is 0 Å². The molecule has 5 nitrogen and oxygen atoms in total. The fourth-order valence-corrected chi connectivity index (χ4v) is 1.70. The molecular formula is C14H27N5. The van der Waals surface area contributed by atoms with Crippen molar-refractivity contribution in [3.8, 4) is 0 Å². The molecule has 0 fully saturated rings. The number of nitrogens with one attached hydrogen (secondary N) is 2. The molecule has 108 valence electrons. The molecule has 0 aliphatic heterocycles. The van der Waals surface area contributed by atoms with E-state index >= 15 is 0 Å². The highest BCUT2D eigenvalue weighted by Crippen LogP contribution is 2.08. The zero-order chi connectivity index (χ0) is 14.1. The highest BCUT2D eigenvalue weighted by Gasteiger charge is 2.05. The number of hydrogen-bond acceptors (Lipinski definition) is 5. The zero-order valence-electron chi connectivity index (χ0n) is 12.6. The lowest BCUT2D eigenvalue weighted by Gasteiger charge is -2.23. The molecule has 0 saturated heterocycles. The minimum atomic E-state index is 0.619. The Morgan fingerprint density at radius 2 is 1.79 bits per heavy atom. The number of nitrogens with zero attached hydrogens (tertiary/aromatic N) is 3. The largest absolute Gasteiger partial charge is 0.370 e. The lowest BCUT2D eigenvalue weighted by molar-refractivity contribution is 0.261. The molecule has 1 atom stereocenters. The van der Waals surface area contributed by atoms with Crippen LogP contribution < -0.4 is 10.6 Å². The molecule has 0 radical (unpaired) electrons. The van der Waals surface area contributed by atoms with Crippen LogP contribution in [0.2, 0.25) is 0 Å². The molecule has 0 aromatic carbocycles. The van der Waals surface area contributed by atoms with E-state index in [9.17, 15) is 0 Å². The van der Waals surface area contributed by atoms with Crippen molar-refractivity contribution in [1.29, 1.82) is 0 Å². The van der Waals surface area contributed by atoms with Crippen LogP contribution in [0.15, 0.2) is 12.4 Å². The maximum atomic E-state index is 4.23. The summed E-state index contributed by atoms with van der Waals surface area (Å²) >= 11 is 0. The van der Waals surface area contributed by atoms with Gasteiger partial charge in [-0.25, -0.2) is 9.97 Å². The van der Waals surface area contributed by atoms with Crippen LogP contribution >= 0.6 is 0 Å². The summed E-state index contributed by atoms with van der Waals surface area (Å²) < 4.78 is 0. The number of anilines is 2. The van der Waals surface area contributed by atoms with Crippen LogP contribution in [0, 0.1) is 0 Å². The van der Waals surface area contributed by atoms with Crippen LogP contribution in [0.1, 0.15) is 33.6 Å². The van der Waals surface area contributed by atoms with Gasteiger partial charge in [-0.2, -0.15) is 0 Å². The quantitative estimate of drug-likeness (QED) is 0.718. The van der Waals surface area contributed by atoms with E-state index in [1.165, 1.54) is 6.42 Å². The predicted octanol–water partition coefficient (Wildman–Crippen LogP) is 2.44. The molecule has 1 unspecified atom stereocenters. The topological polar surface area (TPSA) is 53.1 Å². The fourth-order valence-electron chi connectivity index (χ4n) is 1.70. The summed E-state index contributed by atoms with van der Waals surface area (Å²) in [5.41, 5.74) is 0. The molecule has 0 bridgehead atoms. The number of hydrogen-bond donors (Lipinski definition) is 2. The third kappa shape index (κ3) is 5.87. The van der Waals surface area contributed by atoms with Gasteiger partial charge in [0.25, 0.3) is 0 Å².